The van der Waals surface area contributed by atoms with E-state index in [1.54, 1.807) is 6.92 Å². The number of alkyl halides is 3. The molecule has 29 heavy (non-hydrogen) atoms. The lowest BCUT2D eigenvalue weighted by Crippen LogP contribution is -2.41. The molecule has 0 bridgehead atoms. The number of carbonyl (C=O) groups excluding carboxylic acids is 2. The van der Waals surface area contributed by atoms with Gasteiger partial charge in [0.05, 0.1) is 16.4 Å². The van der Waals surface area contributed by atoms with Gasteiger partial charge in [0.25, 0.3) is 0 Å². The Balaban J connectivity index is 1.66. The third kappa shape index (κ3) is 4.55. The van der Waals surface area contributed by atoms with Crippen molar-refractivity contribution in [3.05, 3.63) is 29.8 Å². The van der Waals surface area contributed by atoms with Crippen LogP contribution >= 0.6 is 0 Å². The number of esters is 2. The largest absolute Gasteiger partial charge is 0.460 e. The minimum atomic E-state index is -4.81. The Hall–Kier alpha value is -2.14. The smallest absolute Gasteiger partial charge is 0.417 e. The molecule has 0 amide bonds. The van der Waals surface area contributed by atoms with Crippen molar-refractivity contribution >= 4 is 22.0 Å². The average molecular weight is 435 g/mol. The first-order valence-corrected chi connectivity index (χ1v) is 10.5. The van der Waals surface area contributed by atoms with Crippen molar-refractivity contribution in [2.75, 3.05) is 13.1 Å². The molecule has 2 heterocycles. The van der Waals surface area contributed by atoms with Crippen LogP contribution in [0.15, 0.2) is 29.2 Å². The highest BCUT2D eigenvalue weighted by molar-refractivity contribution is 7.89. The molecule has 3 rings (SSSR count). The zero-order valence-corrected chi connectivity index (χ0v) is 16.3. The van der Waals surface area contributed by atoms with Gasteiger partial charge in [-0.1, -0.05) is 12.1 Å². The molecule has 2 atom stereocenters. The molecule has 2 fully saturated rings. The van der Waals surface area contributed by atoms with Gasteiger partial charge in [-0.25, -0.2) is 13.2 Å². The summed E-state index contributed by atoms with van der Waals surface area (Å²) in [7, 11) is -4.38. The molecule has 2 aliphatic heterocycles. The summed E-state index contributed by atoms with van der Waals surface area (Å²) in [4.78, 5) is 23.0. The Morgan fingerprint density at radius 1 is 1.21 bits per heavy atom. The molecule has 2 aliphatic rings. The van der Waals surface area contributed by atoms with E-state index in [0.717, 1.165) is 22.5 Å². The molecule has 1 aromatic rings. The Morgan fingerprint density at radius 2 is 1.83 bits per heavy atom. The first-order valence-electron chi connectivity index (χ1n) is 9.07. The Morgan fingerprint density at radius 3 is 2.38 bits per heavy atom. The van der Waals surface area contributed by atoms with Gasteiger partial charge in [0.1, 0.15) is 6.10 Å². The number of hydrogen-bond acceptors (Lipinski definition) is 6. The van der Waals surface area contributed by atoms with E-state index < -0.39 is 50.6 Å². The minimum absolute atomic E-state index is 0.0869. The van der Waals surface area contributed by atoms with Gasteiger partial charge in [0.15, 0.2) is 0 Å². The standard InChI is InChI=1S/C18H20F3NO6S/c1-11-10-14(17(24)27-11)28-16(23)12-6-8-22(9-7-12)29(25,26)15-5-3-2-4-13(15)18(19,20)21/h2-5,11-12,14H,6-10H2,1H3/t11-,14-/m1/s1. The number of carbonyl (C=O) groups is 2. The maximum absolute atomic E-state index is 13.2. The molecule has 7 nitrogen and oxygen atoms in total. The van der Waals surface area contributed by atoms with Crippen molar-refractivity contribution in [3.63, 3.8) is 0 Å². The monoisotopic (exact) mass is 435 g/mol. The van der Waals surface area contributed by atoms with Gasteiger partial charge < -0.3 is 9.47 Å². The van der Waals surface area contributed by atoms with Crippen molar-refractivity contribution in [3.8, 4) is 0 Å². The van der Waals surface area contributed by atoms with Crippen LogP contribution in [0.5, 0.6) is 0 Å². The van der Waals surface area contributed by atoms with E-state index in [0.29, 0.717) is 0 Å². The lowest BCUT2D eigenvalue weighted by Gasteiger charge is -2.31. The highest BCUT2D eigenvalue weighted by Crippen LogP contribution is 2.36. The first-order chi connectivity index (χ1) is 13.5. The second-order valence-electron chi connectivity index (χ2n) is 7.08. The Kier molecular flexibility index (Phi) is 5.91. The van der Waals surface area contributed by atoms with Gasteiger partial charge in [-0.3, -0.25) is 4.79 Å². The van der Waals surface area contributed by atoms with Crippen LogP contribution in [0, 0.1) is 5.92 Å². The first kappa shape index (κ1) is 21.6. The normalized spacial score (nSPS) is 24.3. The summed E-state index contributed by atoms with van der Waals surface area (Å²) in [6.45, 7) is 1.42. The summed E-state index contributed by atoms with van der Waals surface area (Å²) < 4.78 is 76.1. The number of sulfonamides is 1. The molecular formula is C18H20F3NO6S. The predicted molar refractivity (Wildman–Crippen MR) is 93.0 cm³/mol. The minimum Gasteiger partial charge on any atom is -0.460 e. The van der Waals surface area contributed by atoms with Crippen LogP contribution in [0.4, 0.5) is 13.2 Å². The summed E-state index contributed by atoms with van der Waals surface area (Å²) in [6, 6.07) is 4.00. The predicted octanol–water partition coefficient (Wildman–Crippen LogP) is 2.35. The van der Waals surface area contributed by atoms with E-state index in [-0.39, 0.29) is 38.5 Å². The quantitative estimate of drug-likeness (QED) is 0.675. The molecule has 0 radical (unpaired) electrons. The highest BCUT2D eigenvalue weighted by Gasteiger charge is 2.41. The van der Waals surface area contributed by atoms with Crippen LogP contribution < -0.4 is 0 Å². The third-order valence-electron chi connectivity index (χ3n) is 4.98. The van der Waals surface area contributed by atoms with Gasteiger partial charge >= 0.3 is 18.1 Å². The van der Waals surface area contributed by atoms with Crippen LogP contribution in [0.1, 0.15) is 31.7 Å². The molecule has 0 N–H and O–H groups in total. The van der Waals surface area contributed by atoms with Crippen LogP contribution in [0.2, 0.25) is 0 Å². The maximum Gasteiger partial charge on any atom is 0.417 e. The molecule has 0 spiro atoms. The number of ether oxygens (including phenoxy) is 2. The highest BCUT2D eigenvalue weighted by atomic mass is 32.2. The van der Waals surface area contributed by atoms with E-state index in [9.17, 15) is 31.2 Å². The number of rotatable bonds is 4. The summed E-state index contributed by atoms with van der Waals surface area (Å²) >= 11 is 0. The lowest BCUT2D eigenvalue weighted by molar-refractivity contribution is -0.164. The van der Waals surface area contributed by atoms with Crippen LogP contribution in [-0.2, 0) is 35.3 Å². The SMILES string of the molecule is C[C@@H]1C[C@@H](OC(=O)C2CCN(S(=O)(=O)c3ccccc3C(F)(F)F)CC2)C(=O)O1. The van der Waals surface area contributed by atoms with Crippen molar-refractivity contribution in [2.45, 2.75) is 49.5 Å². The molecule has 160 valence electrons. The Bertz CT molecular complexity index is 893. The number of benzene rings is 1. The van der Waals surface area contributed by atoms with E-state index in [2.05, 4.69) is 0 Å². The molecule has 0 aromatic heterocycles. The van der Waals surface area contributed by atoms with Crippen molar-refractivity contribution in [1.82, 2.24) is 4.31 Å². The lowest BCUT2D eigenvalue weighted by atomic mass is 9.98. The van der Waals surface area contributed by atoms with Gasteiger partial charge in [0, 0.05) is 19.5 Å². The summed E-state index contributed by atoms with van der Waals surface area (Å²) in [5, 5.41) is 0. The molecule has 2 saturated heterocycles. The van der Waals surface area contributed by atoms with Crippen LogP contribution in [0.25, 0.3) is 0 Å². The number of halogens is 3. The second kappa shape index (κ2) is 7.94. The van der Waals surface area contributed by atoms with Gasteiger partial charge in [-0.05, 0) is 31.9 Å². The topological polar surface area (TPSA) is 90.0 Å². The van der Waals surface area contributed by atoms with Crippen LogP contribution in [0.3, 0.4) is 0 Å². The molecule has 0 aliphatic carbocycles. The van der Waals surface area contributed by atoms with Crippen molar-refractivity contribution < 1.29 is 40.7 Å². The Labute approximate surface area is 165 Å². The number of nitrogens with zero attached hydrogens (tertiary/aromatic N) is 1. The fourth-order valence-corrected chi connectivity index (χ4v) is 5.13. The average Bonchev–Trinajstić information content (AvgIpc) is 2.98. The third-order valence-corrected chi connectivity index (χ3v) is 6.94. The van der Waals surface area contributed by atoms with Crippen molar-refractivity contribution in [1.29, 1.82) is 0 Å². The van der Waals surface area contributed by atoms with Crippen LogP contribution in [-0.4, -0.2) is 50.0 Å². The zero-order chi connectivity index (χ0) is 21.4. The molecular weight excluding hydrogens is 415 g/mol. The number of hydrogen-bond donors (Lipinski definition) is 0. The molecule has 0 saturated carbocycles. The fourth-order valence-electron chi connectivity index (χ4n) is 3.45. The van der Waals surface area contributed by atoms with Gasteiger partial charge in [-0.2, -0.15) is 17.5 Å². The molecule has 11 heteroatoms. The molecule has 0 unspecified atom stereocenters. The van der Waals surface area contributed by atoms with Gasteiger partial charge in [-0.15, -0.1) is 0 Å². The van der Waals surface area contributed by atoms with E-state index in [1.807, 2.05) is 0 Å². The summed E-state index contributed by atoms with van der Waals surface area (Å²) in [6.07, 6.45) is -5.70. The van der Waals surface area contributed by atoms with Crippen molar-refractivity contribution in [2.24, 2.45) is 5.92 Å². The number of cyclic esters (lactones) is 1. The fraction of sp³-hybridized carbons (Fsp3) is 0.556. The van der Waals surface area contributed by atoms with E-state index in [4.69, 9.17) is 9.47 Å². The summed E-state index contributed by atoms with van der Waals surface area (Å²) in [5.74, 6) is -1.88. The number of piperidine rings is 1. The second-order valence-corrected chi connectivity index (χ2v) is 8.99. The summed E-state index contributed by atoms with van der Waals surface area (Å²) in [5.41, 5.74) is -1.23. The van der Waals surface area contributed by atoms with Gasteiger partial charge in [0.2, 0.25) is 16.1 Å². The van der Waals surface area contributed by atoms with E-state index >= 15 is 0 Å². The zero-order valence-electron chi connectivity index (χ0n) is 15.5. The van der Waals surface area contributed by atoms with E-state index in [1.165, 1.54) is 6.07 Å². The molecule has 1 aromatic carbocycles. The maximum atomic E-state index is 13.2.